The summed E-state index contributed by atoms with van der Waals surface area (Å²) in [5.74, 6) is 0.166. The average molecular weight is 406 g/mol. The van der Waals surface area contributed by atoms with Gasteiger partial charge in [0.25, 0.3) is 10.0 Å². The lowest BCUT2D eigenvalue weighted by Gasteiger charge is -2.16. The molecule has 1 aromatic carbocycles. The maximum Gasteiger partial charge on any atom is 0.252 e. The topological polar surface area (TPSA) is 71.4 Å². The molecule has 27 heavy (non-hydrogen) atoms. The Morgan fingerprint density at radius 2 is 2.04 bits per heavy atom. The van der Waals surface area contributed by atoms with Gasteiger partial charge in [-0.15, -0.1) is 11.3 Å². The number of amides is 1. The number of rotatable bonds is 7. The second kappa shape index (κ2) is 7.84. The normalized spacial score (nSPS) is 12.2. The fraction of sp³-hybridized carbons (Fsp3) is 0.316. The average Bonchev–Trinajstić information content (AvgIpc) is 3.25. The van der Waals surface area contributed by atoms with Gasteiger partial charge in [0, 0.05) is 36.4 Å². The number of nitrogens with zero attached hydrogens (tertiary/aromatic N) is 2. The number of carbonyl (C=O) groups excluding carboxylic acids is 1. The van der Waals surface area contributed by atoms with Gasteiger partial charge in [-0.3, -0.25) is 4.79 Å². The fourth-order valence-corrected chi connectivity index (χ4v) is 5.21. The van der Waals surface area contributed by atoms with Gasteiger partial charge in [-0.2, -0.15) is 4.31 Å². The van der Waals surface area contributed by atoms with Crippen LogP contribution in [0.25, 0.3) is 10.9 Å². The number of nitrogens with one attached hydrogen (secondary N) is 1. The third-order valence-electron chi connectivity index (χ3n) is 4.14. The summed E-state index contributed by atoms with van der Waals surface area (Å²) in [4.78, 5) is 12.3. The lowest BCUT2D eigenvalue weighted by atomic mass is 10.2. The summed E-state index contributed by atoms with van der Waals surface area (Å²) in [5, 5.41) is 5.51. The van der Waals surface area contributed by atoms with E-state index in [-0.39, 0.29) is 16.7 Å². The van der Waals surface area contributed by atoms with E-state index in [1.165, 1.54) is 13.1 Å². The first-order chi connectivity index (χ1) is 12.8. The first-order valence-corrected chi connectivity index (χ1v) is 11.0. The van der Waals surface area contributed by atoms with Crippen molar-refractivity contribution in [2.45, 2.75) is 24.6 Å². The summed E-state index contributed by atoms with van der Waals surface area (Å²) in [7, 11) is -2.23. The zero-order valence-electron chi connectivity index (χ0n) is 15.5. The van der Waals surface area contributed by atoms with Crippen LogP contribution in [0.1, 0.15) is 13.8 Å². The number of thiophene rings is 1. The highest BCUT2D eigenvalue weighted by Gasteiger charge is 2.23. The molecule has 2 heterocycles. The molecule has 0 fully saturated rings. The molecule has 0 spiro atoms. The number of sulfonamides is 1. The molecular weight excluding hydrogens is 382 g/mol. The molecule has 1 N–H and O–H groups in total. The van der Waals surface area contributed by atoms with Gasteiger partial charge in [0.15, 0.2) is 0 Å². The van der Waals surface area contributed by atoms with E-state index in [1.54, 1.807) is 11.4 Å². The summed E-state index contributed by atoms with van der Waals surface area (Å²) < 4.78 is 28.3. The Balaban J connectivity index is 1.69. The van der Waals surface area contributed by atoms with Crippen LogP contribution in [-0.4, -0.2) is 36.8 Å². The van der Waals surface area contributed by atoms with Gasteiger partial charge in [-0.05, 0) is 41.6 Å². The highest BCUT2D eigenvalue weighted by Crippen LogP contribution is 2.22. The van der Waals surface area contributed by atoms with Crippen molar-refractivity contribution >= 4 is 43.9 Å². The molecule has 3 aromatic rings. The summed E-state index contributed by atoms with van der Waals surface area (Å²) >= 11 is 1.13. The molecule has 0 aliphatic rings. The SMILES string of the molecule is CC(C)Cn1ccc2cc(NC(=O)CN(C)S(=O)(=O)c3cccs3)ccc21. The predicted octanol–water partition coefficient (Wildman–Crippen LogP) is 3.62. The van der Waals surface area contributed by atoms with Crippen molar-refractivity contribution in [3.63, 3.8) is 0 Å². The predicted molar refractivity (Wildman–Crippen MR) is 110 cm³/mol. The number of likely N-dealkylation sites (N-methyl/N-ethyl adjacent to an activating group) is 1. The fourth-order valence-electron chi connectivity index (χ4n) is 2.88. The summed E-state index contributed by atoms with van der Waals surface area (Å²) in [5.41, 5.74) is 1.76. The molecule has 0 saturated carbocycles. The minimum Gasteiger partial charge on any atom is -0.347 e. The van der Waals surface area contributed by atoms with E-state index < -0.39 is 10.0 Å². The first kappa shape index (κ1) is 19.6. The van der Waals surface area contributed by atoms with Crippen LogP contribution in [0.15, 0.2) is 52.2 Å². The van der Waals surface area contributed by atoms with Crippen LogP contribution in [0, 0.1) is 5.92 Å². The van der Waals surface area contributed by atoms with Crippen molar-refractivity contribution in [2.24, 2.45) is 5.92 Å². The number of hydrogen-bond donors (Lipinski definition) is 1. The third-order valence-corrected chi connectivity index (χ3v) is 7.32. The highest BCUT2D eigenvalue weighted by molar-refractivity contribution is 7.91. The van der Waals surface area contributed by atoms with E-state index in [0.29, 0.717) is 11.6 Å². The number of carbonyl (C=O) groups is 1. The molecule has 0 radical (unpaired) electrons. The molecule has 0 unspecified atom stereocenters. The monoisotopic (exact) mass is 405 g/mol. The lowest BCUT2D eigenvalue weighted by molar-refractivity contribution is -0.116. The number of benzene rings is 1. The van der Waals surface area contributed by atoms with E-state index in [2.05, 4.69) is 23.7 Å². The van der Waals surface area contributed by atoms with Gasteiger partial charge in [-0.25, -0.2) is 8.42 Å². The zero-order valence-corrected chi connectivity index (χ0v) is 17.2. The molecule has 8 heteroatoms. The molecule has 0 saturated heterocycles. The van der Waals surface area contributed by atoms with E-state index in [0.717, 1.165) is 33.1 Å². The maximum atomic E-state index is 12.4. The maximum absolute atomic E-state index is 12.4. The Bertz CT molecular complexity index is 1040. The van der Waals surface area contributed by atoms with E-state index >= 15 is 0 Å². The molecule has 6 nitrogen and oxygen atoms in total. The van der Waals surface area contributed by atoms with E-state index in [9.17, 15) is 13.2 Å². The second-order valence-corrected chi connectivity index (χ2v) is 10.1. The van der Waals surface area contributed by atoms with Gasteiger partial charge in [0.2, 0.25) is 5.91 Å². The highest BCUT2D eigenvalue weighted by atomic mass is 32.2. The van der Waals surface area contributed by atoms with E-state index in [1.807, 2.05) is 30.5 Å². The molecule has 2 aromatic heterocycles. The van der Waals surface area contributed by atoms with Crippen molar-refractivity contribution < 1.29 is 13.2 Å². The van der Waals surface area contributed by atoms with Crippen LogP contribution < -0.4 is 5.32 Å². The molecule has 0 aliphatic carbocycles. The number of hydrogen-bond acceptors (Lipinski definition) is 4. The van der Waals surface area contributed by atoms with Crippen LogP contribution >= 0.6 is 11.3 Å². The van der Waals surface area contributed by atoms with Crippen LogP contribution in [0.4, 0.5) is 5.69 Å². The number of aromatic nitrogens is 1. The minimum atomic E-state index is -3.64. The Kier molecular flexibility index (Phi) is 5.69. The quantitative estimate of drug-likeness (QED) is 0.653. The first-order valence-electron chi connectivity index (χ1n) is 8.66. The van der Waals surface area contributed by atoms with Crippen LogP contribution in [0.5, 0.6) is 0 Å². The second-order valence-electron chi connectivity index (χ2n) is 6.88. The Morgan fingerprint density at radius 3 is 2.70 bits per heavy atom. The molecule has 0 bridgehead atoms. The van der Waals surface area contributed by atoms with Crippen molar-refractivity contribution in [1.29, 1.82) is 0 Å². The Labute approximate surface area is 163 Å². The summed E-state index contributed by atoms with van der Waals surface area (Å²) in [6, 6.07) is 10.9. The van der Waals surface area contributed by atoms with Crippen molar-refractivity contribution in [1.82, 2.24) is 8.87 Å². The molecular formula is C19H23N3O3S2. The molecule has 0 aliphatic heterocycles. The molecule has 144 valence electrons. The largest absolute Gasteiger partial charge is 0.347 e. The Hall–Kier alpha value is -2.16. The van der Waals surface area contributed by atoms with Crippen LogP contribution in [0.3, 0.4) is 0 Å². The van der Waals surface area contributed by atoms with Gasteiger partial charge < -0.3 is 9.88 Å². The smallest absolute Gasteiger partial charge is 0.252 e. The van der Waals surface area contributed by atoms with Gasteiger partial charge >= 0.3 is 0 Å². The van der Waals surface area contributed by atoms with Gasteiger partial charge in [0.05, 0.1) is 6.54 Å². The van der Waals surface area contributed by atoms with Crippen molar-refractivity contribution in [3.05, 3.63) is 48.0 Å². The molecule has 3 rings (SSSR count). The lowest BCUT2D eigenvalue weighted by Crippen LogP contribution is -2.34. The zero-order chi connectivity index (χ0) is 19.6. The van der Waals surface area contributed by atoms with E-state index in [4.69, 9.17) is 0 Å². The van der Waals surface area contributed by atoms with Crippen molar-refractivity contribution in [2.75, 3.05) is 18.9 Å². The van der Waals surface area contributed by atoms with Gasteiger partial charge in [0.1, 0.15) is 4.21 Å². The Morgan fingerprint density at radius 1 is 1.26 bits per heavy atom. The van der Waals surface area contributed by atoms with Crippen LogP contribution in [-0.2, 0) is 21.4 Å². The summed E-state index contributed by atoms with van der Waals surface area (Å²) in [6.45, 7) is 5.02. The number of anilines is 1. The third kappa shape index (κ3) is 4.40. The standard InChI is InChI=1S/C19H23N3O3S2/c1-14(2)12-22-9-8-15-11-16(6-7-17(15)22)20-18(23)13-21(3)27(24,25)19-5-4-10-26-19/h4-11,14H,12-13H2,1-3H3,(H,20,23). The van der Waals surface area contributed by atoms with Crippen LogP contribution in [0.2, 0.25) is 0 Å². The van der Waals surface area contributed by atoms with Crippen molar-refractivity contribution in [3.8, 4) is 0 Å². The minimum absolute atomic E-state index is 0.228. The molecule has 0 atom stereocenters. The summed E-state index contributed by atoms with van der Waals surface area (Å²) in [6.07, 6.45) is 2.04. The molecule has 1 amide bonds. The van der Waals surface area contributed by atoms with Gasteiger partial charge in [-0.1, -0.05) is 19.9 Å². The number of fused-ring (bicyclic) bond motifs is 1.